The average molecular weight is 399 g/mol. The van der Waals surface area contributed by atoms with Gasteiger partial charge in [-0.15, -0.1) is 22.7 Å². The summed E-state index contributed by atoms with van der Waals surface area (Å²) in [6.45, 7) is 2.68. The van der Waals surface area contributed by atoms with Gasteiger partial charge in [0.15, 0.2) is 5.13 Å². The Hall–Kier alpha value is -2.58. The van der Waals surface area contributed by atoms with Gasteiger partial charge in [0.25, 0.3) is 0 Å². The summed E-state index contributed by atoms with van der Waals surface area (Å²) in [6, 6.07) is 7.65. The van der Waals surface area contributed by atoms with Crippen LogP contribution in [0.1, 0.15) is 23.5 Å². The molecule has 0 bridgehead atoms. The van der Waals surface area contributed by atoms with Crippen LogP contribution in [0.25, 0.3) is 11.3 Å². The first-order chi connectivity index (χ1) is 13.1. The Morgan fingerprint density at radius 2 is 2.15 bits per heavy atom. The summed E-state index contributed by atoms with van der Waals surface area (Å²) in [6.07, 6.45) is 1.62. The number of carbonyl (C=O) groups is 2. The molecule has 2 aromatic heterocycles. The lowest BCUT2D eigenvalue weighted by Gasteiger charge is -2.10. The molecule has 1 N–H and O–H groups in total. The third kappa shape index (κ3) is 4.06. The Morgan fingerprint density at radius 3 is 2.89 bits per heavy atom. The zero-order valence-corrected chi connectivity index (χ0v) is 16.4. The van der Waals surface area contributed by atoms with E-state index in [0.717, 1.165) is 28.4 Å². The van der Waals surface area contributed by atoms with Crippen LogP contribution in [-0.2, 0) is 16.0 Å². The van der Waals surface area contributed by atoms with E-state index in [9.17, 15) is 9.59 Å². The van der Waals surface area contributed by atoms with Gasteiger partial charge in [-0.1, -0.05) is 12.1 Å². The number of thiazole rings is 2. The number of hydrogen-bond acceptors (Lipinski definition) is 6. The van der Waals surface area contributed by atoms with Crippen LogP contribution in [0, 0.1) is 6.92 Å². The van der Waals surface area contributed by atoms with Crippen LogP contribution in [-0.4, -0.2) is 28.3 Å². The van der Waals surface area contributed by atoms with Gasteiger partial charge in [-0.25, -0.2) is 9.97 Å². The molecule has 1 fully saturated rings. The van der Waals surface area contributed by atoms with Crippen molar-refractivity contribution in [3.8, 4) is 11.3 Å². The number of nitrogens with zero attached hydrogens (tertiary/aromatic N) is 3. The van der Waals surface area contributed by atoms with Gasteiger partial charge in [-0.2, -0.15) is 0 Å². The number of aromatic nitrogens is 2. The summed E-state index contributed by atoms with van der Waals surface area (Å²) >= 11 is 3.01. The van der Waals surface area contributed by atoms with E-state index in [4.69, 9.17) is 0 Å². The second-order valence-corrected chi connectivity index (χ2v) is 8.23. The van der Waals surface area contributed by atoms with Crippen molar-refractivity contribution in [1.29, 1.82) is 0 Å². The molecule has 2 amide bonds. The van der Waals surface area contributed by atoms with Crippen LogP contribution in [0.3, 0.4) is 0 Å². The Bertz CT molecular complexity index is 995. The molecule has 0 atom stereocenters. The highest BCUT2D eigenvalue weighted by Gasteiger charge is 2.24. The molecule has 0 spiro atoms. The maximum absolute atomic E-state index is 12.4. The Morgan fingerprint density at radius 1 is 1.26 bits per heavy atom. The molecule has 0 aliphatic carbocycles. The summed E-state index contributed by atoms with van der Waals surface area (Å²) in [5, 5.41) is 8.46. The quantitative estimate of drug-likeness (QED) is 0.708. The van der Waals surface area contributed by atoms with Crippen molar-refractivity contribution in [3.63, 3.8) is 0 Å². The highest BCUT2D eigenvalue weighted by Crippen LogP contribution is 2.26. The topological polar surface area (TPSA) is 75.2 Å². The Kier molecular flexibility index (Phi) is 5.00. The van der Waals surface area contributed by atoms with E-state index in [1.165, 1.54) is 11.3 Å². The summed E-state index contributed by atoms with van der Waals surface area (Å²) in [5.74, 6) is -0.0272. The Labute approximate surface area is 164 Å². The van der Waals surface area contributed by atoms with Gasteiger partial charge in [-0.05, 0) is 25.5 Å². The van der Waals surface area contributed by atoms with Crippen LogP contribution in [0.4, 0.5) is 10.8 Å². The molecule has 8 heteroatoms. The Balaban J connectivity index is 1.41. The standard InChI is InChI=1S/C19H18N4O2S2/c1-12-20-16(11-26-12)13-4-2-5-14(8-13)21-17(24)9-15-10-27-19(22-15)23-7-3-6-18(23)25/h2,4-5,8,10-11H,3,6-7,9H2,1H3,(H,21,24). The predicted molar refractivity (Wildman–Crippen MR) is 108 cm³/mol. The maximum atomic E-state index is 12.4. The van der Waals surface area contributed by atoms with Gasteiger partial charge in [-0.3, -0.25) is 14.5 Å². The lowest BCUT2D eigenvalue weighted by atomic mass is 10.1. The van der Waals surface area contributed by atoms with Gasteiger partial charge < -0.3 is 5.32 Å². The second kappa shape index (κ2) is 7.58. The molecule has 138 valence electrons. The smallest absolute Gasteiger partial charge is 0.230 e. The first-order valence-electron chi connectivity index (χ1n) is 8.66. The minimum Gasteiger partial charge on any atom is -0.326 e. The third-order valence-electron chi connectivity index (χ3n) is 4.25. The van der Waals surface area contributed by atoms with Crippen LogP contribution < -0.4 is 10.2 Å². The summed E-state index contributed by atoms with van der Waals surface area (Å²) in [4.78, 5) is 34.8. The van der Waals surface area contributed by atoms with Gasteiger partial charge >= 0.3 is 0 Å². The SMILES string of the molecule is Cc1nc(-c2cccc(NC(=O)Cc3csc(N4CCCC4=O)n3)c2)cs1. The first kappa shape index (κ1) is 17.8. The monoisotopic (exact) mass is 398 g/mol. The molecule has 4 rings (SSSR count). The van der Waals surface area contributed by atoms with Gasteiger partial charge in [0.05, 0.1) is 22.8 Å². The summed E-state index contributed by atoms with van der Waals surface area (Å²) < 4.78 is 0. The number of hydrogen-bond donors (Lipinski definition) is 1. The van der Waals surface area contributed by atoms with Crippen molar-refractivity contribution in [2.45, 2.75) is 26.2 Å². The minimum atomic E-state index is -0.133. The molecule has 1 saturated heterocycles. The number of amides is 2. The highest BCUT2D eigenvalue weighted by molar-refractivity contribution is 7.14. The largest absolute Gasteiger partial charge is 0.326 e. The molecule has 0 saturated carbocycles. The van der Waals surface area contributed by atoms with Crippen LogP contribution in [0.5, 0.6) is 0 Å². The number of aryl methyl sites for hydroxylation is 1. The van der Waals surface area contributed by atoms with E-state index in [2.05, 4.69) is 15.3 Å². The molecule has 3 heterocycles. The number of benzene rings is 1. The molecule has 6 nitrogen and oxygen atoms in total. The molecule has 3 aromatic rings. The molecule has 27 heavy (non-hydrogen) atoms. The fourth-order valence-corrected chi connectivity index (χ4v) is 4.46. The van der Waals surface area contributed by atoms with E-state index in [-0.39, 0.29) is 18.2 Å². The van der Waals surface area contributed by atoms with Crippen LogP contribution in [0.2, 0.25) is 0 Å². The van der Waals surface area contributed by atoms with Crippen LogP contribution in [0.15, 0.2) is 35.0 Å². The van der Waals surface area contributed by atoms with Gasteiger partial charge in [0.1, 0.15) is 0 Å². The van der Waals surface area contributed by atoms with E-state index < -0.39 is 0 Å². The van der Waals surface area contributed by atoms with Crippen molar-refractivity contribution in [1.82, 2.24) is 9.97 Å². The van der Waals surface area contributed by atoms with Crippen molar-refractivity contribution < 1.29 is 9.59 Å². The van der Waals surface area contributed by atoms with Crippen molar-refractivity contribution in [2.75, 3.05) is 16.8 Å². The number of nitrogens with one attached hydrogen (secondary N) is 1. The minimum absolute atomic E-state index is 0.106. The van der Waals surface area contributed by atoms with E-state index in [0.29, 0.717) is 23.8 Å². The van der Waals surface area contributed by atoms with E-state index in [1.54, 1.807) is 16.2 Å². The zero-order valence-electron chi connectivity index (χ0n) is 14.8. The van der Waals surface area contributed by atoms with Crippen LogP contribution >= 0.6 is 22.7 Å². The average Bonchev–Trinajstić information content (AvgIpc) is 3.36. The molecule has 1 aliphatic rings. The first-order valence-corrected chi connectivity index (χ1v) is 10.4. The lowest BCUT2D eigenvalue weighted by molar-refractivity contribution is -0.117. The van der Waals surface area contributed by atoms with Gasteiger partial charge in [0, 0.05) is 35.0 Å². The van der Waals surface area contributed by atoms with Crippen molar-refractivity contribution in [3.05, 3.63) is 45.7 Å². The predicted octanol–water partition coefficient (Wildman–Crippen LogP) is 3.88. The fourth-order valence-electron chi connectivity index (χ4n) is 2.97. The van der Waals surface area contributed by atoms with E-state index in [1.807, 2.05) is 41.9 Å². The molecular formula is C19H18N4O2S2. The number of anilines is 2. The third-order valence-corrected chi connectivity index (χ3v) is 5.93. The maximum Gasteiger partial charge on any atom is 0.230 e. The molecular weight excluding hydrogens is 380 g/mol. The normalized spacial score (nSPS) is 14.0. The lowest BCUT2D eigenvalue weighted by Crippen LogP contribution is -2.23. The number of carbonyl (C=O) groups excluding carboxylic acids is 2. The summed E-state index contributed by atoms with van der Waals surface area (Å²) in [7, 11) is 0. The second-order valence-electron chi connectivity index (χ2n) is 6.33. The van der Waals surface area contributed by atoms with Crippen molar-refractivity contribution in [2.24, 2.45) is 0 Å². The fraction of sp³-hybridized carbons (Fsp3) is 0.263. The number of rotatable bonds is 5. The van der Waals surface area contributed by atoms with E-state index >= 15 is 0 Å². The van der Waals surface area contributed by atoms with Crippen molar-refractivity contribution >= 4 is 45.3 Å². The zero-order chi connectivity index (χ0) is 18.8. The van der Waals surface area contributed by atoms with Gasteiger partial charge in [0.2, 0.25) is 11.8 Å². The molecule has 0 unspecified atom stereocenters. The highest BCUT2D eigenvalue weighted by atomic mass is 32.1. The summed E-state index contributed by atoms with van der Waals surface area (Å²) in [5.41, 5.74) is 3.29. The molecule has 0 radical (unpaired) electrons. The molecule has 1 aliphatic heterocycles. The molecule has 1 aromatic carbocycles.